The molecule has 0 radical (unpaired) electrons. The lowest BCUT2D eigenvalue weighted by Gasteiger charge is -2.33. The van der Waals surface area contributed by atoms with Crippen LogP contribution in [-0.4, -0.2) is 40.5 Å². The fourth-order valence-corrected chi connectivity index (χ4v) is 4.76. The standard InChI is InChI=1S/C12H17N3O3S2/c1-3-8-7-15(4-5-18-8)12-11(20(2,16)17)10(14)9(6-13)19-12/h8H,3-5,7,14H2,1-2H3. The lowest BCUT2D eigenvalue weighted by Crippen LogP contribution is -2.42. The quantitative estimate of drug-likeness (QED) is 0.901. The van der Waals surface area contributed by atoms with Crippen LogP contribution in [-0.2, 0) is 14.6 Å². The fraction of sp³-hybridized carbons (Fsp3) is 0.583. The molecule has 2 N–H and O–H groups in total. The molecule has 1 saturated heterocycles. The van der Waals surface area contributed by atoms with Gasteiger partial charge in [-0.2, -0.15) is 5.26 Å². The van der Waals surface area contributed by atoms with Gasteiger partial charge in [0.1, 0.15) is 20.8 Å². The summed E-state index contributed by atoms with van der Waals surface area (Å²) in [5, 5.41) is 9.62. The molecular weight excluding hydrogens is 298 g/mol. The van der Waals surface area contributed by atoms with Crippen LogP contribution >= 0.6 is 11.3 Å². The summed E-state index contributed by atoms with van der Waals surface area (Å²) in [4.78, 5) is 2.28. The monoisotopic (exact) mass is 315 g/mol. The van der Waals surface area contributed by atoms with E-state index in [1.807, 2.05) is 17.9 Å². The number of rotatable bonds is 3. The Morgan fingerprint density at radius 1 is 1.60 bits per heavy atom. The summed E-state index contributed by atoms with van der Waals surface area (Å²) in [6.45, 7) is 3.78. The number of nitriles is 1. The molecular formula is C12H17N3O3S2. The van der Waals surface area contributed by atoms with E-state index in [9.17, 15) is 8.42 Å². The number of nitrogen functional groups attached to an aromatic ring is 1. The number of nitrogens with two attached hydrogens (primary N) is 1. The van der Waals surface area contributed by atoms with Crippen LogP contribution in [0.2, 0.25) is 0 Å². The third-order valence-electron chi connectivity index (χ3n) is 3.24. The van der Waals surface area contributed by atoms with Gasteiger partial charge in [0, 0.05) is 19.3 Å². The Bertz CT molecular complexity index is 646. The molecule has 6 nitrogen and oxygen atoms in total. The van der Waals surface area contributed by atoms with E-state index >= 15 is 0 Å². The SMILES string of the molecule is CCC1CN(c2sc(C#N)c(N)c2S(C)(=O)=O)CCO1. The van der Waals surface area contributed by atoms with Crippen LogP contribution in [0.4, 0.5) is 10.7 Å². The van der Waals surface area contributed by atoms with Gasteiger partial charge in [-0.25, -0.2) is 8.42 Å². The van der Waals surface area contributed by atoms with Crippen LogP contribution < -0.4 is 10.6 Å². The van der Waals surface area contributed by atoms with E-state index in [2.05, 4.69) is 0 Å². The average molecular weight is 315 g/mol. The van der Waals surface area contributed by atoms with Gasteiger partial charge in [-0.05, 0) is 6.42 Å². The largest absolute Gasteiger partial charge is 0.396 e. The Labute approximate surface area is 122 Å². The second-order valence-corrected chi connectivity index (χ2v) is 7.66. The molecule has 110 valence electrons. The summed E-state index contributed by atoms with van der Waals surface area (Å²) in [6.07, 6.45) is 2.05. The second kappa shape index (κ2) is 5.60. The molecule has 1 aliphatic heterocycles. The van der Waals surface area contributed by atoms with Crippen molar-refractivity contribution >= 4 is 31.9 Å². The molecule has 1 aliphatic rings. The highest BCUT2D eigenvalue weighted by Gasteiger charge is 2.30. The van der Waals surface area contributed by atoms with Gasteiger partial charge >= 0.3 is 0 Å². The lowest BCUT2D eigenvalue weighted by atomic mass is 10.2. The Morgan fingerprint density at radius 2 is 2.30 bits per heavy atom. The van der Waals surface area contributed by atoms with Crippen LogP contribution in [0.15, 0.2) is 4.90 Å². The first-order chi connectivity index (χ1) is 9.38. The van der Waals surface area contributed by atoms with Crippen LogP contribution in [0.1, 0.15) is 18.2 Å². The van der Waals surface area contributed by atoms with Gasteiger partial charge in [0.15, 0.2) is 9.84 Å². The summed E-state index contributed by atoms with van der Waals surface area (Å²) < 4.78 is 29.5. The summed E-state index contributed by atoms with van der Waals surface area (Å²) in [5.74, 6) is 0. The van der Waals surface area contributed by atoms with Crippen molar-refractivity contribution in [3.05, 3.63) is 4.88 Å². The van der Waals surface area contributed by atoms with Gasteiger partial charge in [0.25, 0.3) is 0 Å². The molecule has 2 heterocycles. The first-order valence-electron chi connectivity index (χ1n) is 6.27. The van der Waals surface area contributed by atoms with Gasteiger partial charge in [0.05, 0.1) is 18.4 Å². The maximum absolute atomic E-state index is 12.0. The van der Waals surface area contributed by atoms with Crippen molar-refractivity contribution in [2.45, 2.75) is 24.3 Å². The van der Waals surface area contributed by atoms with Crippen molar-refractivity contribution in [2.75, 3.05) is 36.6 Å². The van der Waals surface area contributed by atoms with E-state index in [-0.39, 0.29) is 21.6 Å². The third-order valence-corrected chi connectivity index (χ3v) is 5.69. The predicted octanol–water partition coefficient (Wildman–Crippen LogP) is 1.22. The Hall–Kier alpha value is -1.30. The Morgan fingerprint density at radius 3 is 2.85 bits per heavy atom. The van der Waals surface area contributed by atoms with Crippen LogP contribution in [0, 0.1) is 11.3 Å². The predicted molar refractivity (Wildman–Crippen MR) is 78.8 cm³/mol. The van der Waals surface area contributed by atoms with Gasteiger partial charge in [0.2, 0.25) is 0 Å². The Kier molecular flexibility index (Phi) is 4.22. The Balaban J connectivity index is 2.49. The van der Waals surface area contributed by atoms with Gasteiger partial charge in [-0.1, -0.05) is 6.92 Å². The number of morpholine rings is 1. The van der Waals surface area contributed by atoms with Crippen LogP contribution in [0.5, 0.6) is 0 Å². The van der Waals surface area contributed by atoms with Crippen molar-refractivity contribution in [2.24, 2.45) is 0 Å². The lowest BCUT2D eigenvalue weighted by molar-refractivity contribution is 0.0385. The highest BCUT2D eigenvalue weighted by atomic mass is 32.2. The molecule has 1 atom stereocenters. The molecule has 0 aromatic carbocycles. The summed E-state index contributed by atoms with van der Waals surface area (Å²) in [7, 11) is -3.48. The number of sulfone groups is 1. The van der Waals surface area contributed by atoms with Gasteiger partial charge < -0.3 is 15.4 Å². The molecule has 20 heavy (non-hydrogen) atoms. The van der Waals surface area contributed by atoms with E-state index < -0.39 is 9.84 Å². The van der Waals surface area contributed by atoms with Crippen molar-refractivity contribution in [1.82, 2.24) is 0 Å². The van der Waals surface area contributed by atoms with E-state index in [1.54, 1.807) is 0 Å². The third kappa shape index (κ3) is 2.75. The first-order valence-corrected chi connectivity index (χ1v) is 8.98. The zero-order chi connectivity index (χ0) is 14.9. The van der Waals surface area contributed by atoms with Gasteiger partial charge in [-0.15, -0.1) is 11.3 Å². The zero-order valence-electron chi connectivity index (χ0n) is 11.4. The normalized spacial score (nSPS) is 19.9. The van der Waals surface area contributed by atoms with Crippen molar-refractivity contribution < 1.29 is 13.2 Å². The molecule has 1 unspecified atom stereocenters. The molecule has 0 amide bonds. The van der Waals surface area contributed by atoms with Crippen molar-refractivity contribution in [3.8, 4) is 6.07 Å². The molecule has 1 aromatic heterocycles. The number of hydrogen-bond donors (Lipinski definition) is 1. The van der Waals surface area contributed by atoms with E-state index in [1.165, 1.54) is 0 Å². The summed E-state index contributed by atoms with van der Waals surface area (Å²) in [6, 6.07) is 1.96. The topological polar surface area (TPSA) is 96.4 Å². The second-order valence-electron chi connectivity index (χ2n) is 4.71. The molecule has 2 rings (SSSR count). The molecule has 1 aromatic rings. The molecule has 8 heteroatoms. The maximum atomic E-state index is 12.0. The molecule has 0 spiro atoms. The van der Waals surface area contributed by atoms with Gasteiger partial charge in [-0.3, -0.25) is 0 Å². The number of anilines is 2. The van der Waals surface area contributed by atoms with E-state index in [0.717, 1.165) is 24.0 Å². The minimum atomic E-state index is -3.48. The fourth-order valence-electron chi connectivity index (χ4n) is 2.22. The van der Waals surface area contributed by atoms with E-state index in [0.29, 0.717) is 24.7 Å². The maximum Gasteiger partial charge on any atom is 0.180 e. The minimum absolute atomic E-state index is 0.0644. The highest BCUT2D eigenvalue weighted by molar-refractivity contribution is 7.91. The summed E-state index contributed by atoms with van der Waals surface area (Å²) in [5.41, 5.74) is 5.89. The molecule has 1 fully saturated rings. The molecule has 0 aliphatic carbocycles. The summed E-state index contributed by atoms with van der Waals surface area (Å²) >= 11 is 1.14. The number of hydrogen-bond acceptors (Lipinski definition) is 7. The highest BCUT2D eigenvalue weighted by Crippen LogP contribution is 2.41. The number of nitrogens with zero attached hydrogens (tertiary/aromatic N) is 2. The van der Waals surface area contributed by atoms with Crippen molar-refractivity contribution in [1.29, 1.82) is 5.26 Å². The van der Waals surface area contributed by atoms with E-state index in [4.69, 9.17) is 15.7 Å². The molecule has 0 saturated carbocycles. The molecule has 0 bridgehead atoms. The number of ether oxygens (including phenoxy) is 1. The average Bonchev–Trinajstić information content (AvgIpc) is 2.75. The zero-order valence-corrected chi connectivity index (χ0v) is 13.1. The first kappa shape index (κ1) is 15.1. The van der Waals surface area contributed by atoms with Crippen molar-refractivity contribution in [3.63, 3.8) is 0 Å². The van der Waals surface area contributed by atoms with Crippen LogP contribution in [0.25, 0.3) is 0 Å². The number of thiophene rings is 1. The smallest absolute Gasteiger partial charge is 0.180 e. The minimum Gasteiger partial charge on any atom is -0.396 e. The van der Waals surface area contributed by atoms with Crippen LogP contribution in [0.3, 0.4) is 0 Å².